The van der Waals surface area contributed by atoms with Gasteiger partial charge in [-0.25, -0.2) is 9.18 Å². The number of carbonyl (C=O) groups excluding carboxylic acids is 1. The van der Waals surface area contributed by atoms with Gasteiger partial charge in [-0.2, -0.15) is 9.78 Å². The predicted molar refractivity (Wildman–Crippen MR) is 129 cm³/mol. The number of aromatic nitrogens is 4. The Morgan fingerprint density at radius 3 is 2.37 bits per heavy atom. The molecule has 0 bridgehead atoms. The van der Waals surface area contributed by atoms with Crippen molar-refractivity contribution in [2.75, 3.05) is 0 Å². The van der Waals surface area contributed by atoms with E-state index in [1.807, 2.05) is 26.0 Å². The molecule has 0 spiro atoms. The fourth-order valence-corrected chi connectivity index (χ4v) is 3.52. The van der Waals surface area contributed by atoms with Crippen LogP contribution in [0, 0.1) is 5.82 Å². The zero-order chi connectivity index (χ0) is 24.9. The molecule has 0 saturated heterocycles. The molecule has 0 aliphatic rings. The van der Waals surface area contributed by atoms with Crippen LogP contribution in [-0.4, -0.2) is 25.2 Å². The number of pyridine rings is 1. The zero-order valence-electron chi connectivity index (χ0n) is 19.3. The van der Waals surface area contributed by atoms with Crippen molar-refractivity contribution in [2.24, 2.45) is 0 Å². The molecule has 4 rings (SSSR count). The minimum absolute atomic E-state index is 0.0658. The van der Waals surface area contributed by atoms with Gasteiger partial charge in [-0.15, -0.1) is 0 Å². The second-order valence-electron chi connectivity index (χ2n) is 8.28. The summed E-state index contributed by atoms with van der Waals surface area (Å²) in [5.41, 5.74) is -0.0201. The molecule has 8 nitrogen and oxygen atoms in total. The SMILES string of the molecule is CC(C)c1ccc(-n2nc(C(=O)NCc3ccccn3)c(=O)n(Cc3ccccc3F)c2=O)cc1. The molecule has 35 heavy (non-hydrogen) atoms. The third-order valence-corrected chi connectivity index (χ3v) is 5.52. The Balaban J connectivity index is 1.79. The zero-order valence-corrected chi connectivity index (χ0v) is 19.3. The number of rotatable bonds is 7. The third-order valence-electron chi connectivity index (χ3n) is 5.52. The second-order valence-corrected chi connectivity index (χ2v) is 8.28. The van der Waals surface area contributed by atoms with Gasteiger partial charge in [-0.05, 0) is 41.8 Å². The number of halogens is 1. The van der Waals surface area contributed by atoms with Crippen LogP contribution in [0.25, 0.3) is 5.69 Å². The Morgan fingerprint density at radius 1 is 1.00 bits per heavy atom. The lowest BCUT2D eigenvalue weighted by Crippen LogP contribution is -2.46. The summed E-state index contributed by atoms with van der Waals surface area (Å²) >= 11 is 0. The molecule has 0 atom stereocenters. The Bertz CT molecular complexity index is 1460. The smallest absolute Gasteiger partial charge is 0.345 e. The summed E-state index contributed by atoms with van der Waals surface area (Å²) in [6.45, 7) is 3.80. The van der Waals surface area contributed by atoms with E-state index in [-0.39, 0.29) is 24.6 Å². The summed E-state index contributed by atoms with van der Waals surface area (Å²) in [4.78, 5) is 43.5. The van der Waals surface area contributed by atoms with Crippen molar-refractivity contribution in [1.82, 2.24) is 24.6 Å². The van der Waals surface area contributed by atoms with Crippen LogP contribution in [0.4, 0.5) is 4.39 Å². The van der Waals surface area contributed by atoms with Gasteiger partial charge in [0.15, 0.2) is 0 Å². The number of carbonyl (C=O) groups is 1. The topological polar surface area (TPSA) is 98.9 Å². The third kappa shape index (κ3) is 5.24. The molecule has 0 radical (unpaired) electrons. The molecule has 1 N–H and O–H groups in total. The molecule has 0 fully saturated rings. The summed E-state index contributed by atoms with van der Waals surface area (Å²) in [6, 6.07) is 18.2. The molecule has 0 aliphatic carbocycles. The van der Waals surface area contributed by atoms with E-state index in [2.05, 4.69) is 15.4 Å². The summed E-state index contributed by atoms with van der Waals surface area (Å²) in [6.07, 6.45) is 1.59. The van der Waals surface area contributed by atoms with Crippen molar-refractivity contribution < 1.29 is 9.18 Å². The van der Waals surface area contributed by atoms with Gasteiger partial charge in [0, 0.05) is 11.8 Å². The normalized spacial score (nSPS) is 11.0. The molecule has 0 aliphatic heterocycles. The van der Waals surface area contributed by atoms with Crippen molar-refractivity contribution in [3.63, 3.8) is 0 Å². The molecule has 9 heteroatoms. The van der Waals surface area contributed by atoms with Crippen LogP contribution in [0.2, 0.25) is 0 Å². The standard InChI is InChI=1S/C26H24FN5O3/c1-17(2)18-10-12-21(13-11-18)32-26(35)31(16-19-7-3-4-9-22(19)27)25(34)23(30-32)24(33)29-15-20-8-5-6-14-28-20/h3-14,17H,15-16H2,1-2H3,(H,29,33). The summed E-state index contributed by atoms with van der Waals surface area (Å²) in [5.74, 6) is -1.06. The van der Waals surface area contributed by atoms with E-state index in [9.17, 15) is 18.8 Å². The van der Waals surface area contributed by atoms with Crippen molar-refractivity contribution in [3.8, 4) is 5.69 Å². The van der Waals surface area contributed by atoms with Gasteiger partial charge in [0.05, 0.1) is 24.5 Å². The first-order valence-electron chi connectivity index (χ1n) is 11.1. The van der Waals surface area contributed by atoms with E-state index in [1.54, 1.807) is 42.6 Å². The first-order chi connectivity index (χ1) is 16.8. The predicted octanol–water partition coefficient (Wildman–Crippen LogP) is 3.03. The highest BCUT2D eigenvalue weighted by atomic mass is 19.1. The van der Waals surface area contributed by atoms with Crippen molar-refractivity contribution in [3.05, 3.63) is 122 Å². The molecule has 4 aromatic rings. The molecule has 2 aromatic heterocycles. The van der Waals surface area contributed by atoms with Crippen LogP contribution in [0.3, 0.4) is 0 Å². The highest BCUT2D eigenvalue weighted by Crippen LogP contribution is 2.16. The van der Waals surface area contributed by atoms with Gasteiger partial charge in [-0.3, -0.25) is 19.1 Å². The number of benzene rings is 2. The molecule has 1 amide bonds. The van der Waals surface area contributed by atoms with Gasteiger partial charge in [-0.1, -0.05) is 50.2 Å². The quantitative estimate of drug-likeness (QED) is 0.445. The molecule has 2 aromatic carbocycles. The second kappa shape index (κ2) is 10.3. The highest BCUT2D eigenvalue weighted by molar-refractivity contribution is 5.91. The monoisotopic (exact) mass is 473 g/mol. The van der Waals surface area contributed by atoms with Crippen molar-refractivity contribution in [2.45, 2.75) is 32.9 Å². The Hall–Kier alpha value is -4.40. The van der Waals surface area contributed by atoms with Crippen LogP contribution in [-0.2, 0) is 13.1 Å². The van der Waals surface area contributed by atoms with Gasteiger partial charge >= 0.3 is 5.69 Å². The van der Waals surface area contributed by atoms with Crippen molar-refractivity contribution >= 4 is 5.91 Å². The van der Waals surface area contributed by atoms with E-state index in [4.69, 9.17) is 0 Å². The van der Waals surface area contributed by atoms with Crippen LogP contribution < -0.4 is 16.6 Å². The lowest BCUT2D eigenvalue weighted by Gasteiger charge is -2.13. The molecule has 2 heterocycles. The number of nitrogens with zero attached hydrogens (tertiary/aromatic N) is 4. The summed E-state index contributed by atoms with van der Waals surface area (Å²) < 4.78 is 16.1. The highest BCUT2D eigenvalue weighted by Gasteiger charge is 2.21. The van der Waals surface area contributed by atoms with Gasteiger partial charge < -0.3 is 5.32 Å². The number of nitrogens with one attached hydrogen (secondary N) is 1. The maximum atomic E-state index is 14.3. The lowest BCUT2D eigenvalue weighted by molar-refractivity contribution is 0.0940. The molecular formula is C26H24FN5O3. The number of hydrogen-bond donors (Lipinski definition) is 1. The van der Waals surface area contributed by atoms with E-state index in [0.29, 0.717) is 11.4 Å². The van der Waals surface area contributed by atoms with Crippen LogP contribution in [0.1, 0.15) is 47.1 Å². The molecular weight excluding hydrogens is 449 g/mol. The van der Waals surface area contributed by atoms with Crippen molar-refractivity contribution in [1.29, 1.82) is 0 Å². The average molecular weight is 474 g/mol. The lowest BCUT2D eigenvalue weighted by atomic mass is 10.0. The minimum atomic E-state index is -0.910. The fourth-order valence-electron chi connectivity index (χ4n) is 3.52. The Morgan fingerprint density at radius 2 is 1.71 bits per heavy atom. The minimum Gasteiger partial charge on any atom is -0.345 e. The van der Waals surface area contributed by atoms with Crippen LogP contribution >= 0.6 is 0 Å². The van der Waals surface area contributed by atoms with Gasteiger partial charge in [0.25, 0.3) is 11.5 Å². The number of hydrogen-bond acceptors (Lipinski definition) is 5. The Labute approximate surface area is 200 Å². The van der Waals surface area contributed by atoms with E-state index in [0.717, 1.165) is 14.8 Å². The van der Waals surface area contributed by atoms with Crippen LogP contribution in [0.5, 0.6) is 0 Å². The largest absolute Gasteiger partial charge is 0.352 e. The average Bonchev–Trinajstić information content (AvgIpc) is 2.87. The maximum Gasteiger partial charge on any atom is 0.352 e. The first kappa shape index (κ1) is 23.7. The Kier molecular flexibility index (Phi) is 6.96. The first-order valence-corrected chi connectivity index (χ1v) is 11.1. The van der Waals surface area contributed by atoms with E-state index in [1.165, 1.54) is 18.2 Å². The molecule has 178 valence electrons. The summed E-state index contributed by atoms with van der Waals surface area (Å²) in [7, 11) is 0. The van der Waals surface area contributed by atoms with Gasteiger partial charge in [0.2, 0.25) is 5.69 Å². The summed E-state index contributed by atoms with van der Waals surface area (Å²) in [5, 5.41) is 6.71. The number of amides is 1. The van der Waals surface area contributed by atoms with Crippen LogP contribution in [0.15, 0.2) is 82.5 Å². The van der Waals surface area contributed by atoms with E-state index >= 15 is 0 Å². The fraction of sp³-hybridized carbons (Fsp3) is 0.192. The van der Waals surface area contributed by atoms with E-state index < -0.39 is 28.7 Å². The molecule has 0 saturated carbocycles. The maximum absolute atomic E-state index is 14.3. The molecule has 0 unspecified atom stereocenters. The van der Waals surface area contributed by atoms with Gasteiger partial charge in [0.1, 0.15) is 5.82 Å².